The molecule has 0 fully saturated rings. The first-order valence-corrected chi connectivity index (χ1v) is 4.86. The lowest BCUT2D eigenvalue weighted by Crippen LogP contribution is -1.94. The molecule has 1 aromatic heterocycles. The Labute approximate surface area is 88.6 Å². The van der Waals surface area contributed by atoms with Gasteiger partial charge in [-0.2, -0.15) is 10.4 Å². The fraction of sp³-hybridized carbons (Fsp3) is 0.167. The smallest absolute Gasteiger partial charge is 0.0645 e. The van der Waals surface area contributed by atoms with E-state index in [4.69, 9.17) is 5.26 Å². The van der Waals surface area contributed by atoms with Gasteiger partial charge in [0.15, 0.2) is 0 Å². The van der Waals surface area contributed by atoms with Crippen LogP contribution in [-0.4, -0.2) is 9.78 Å². The van der Waals surface area contributed by atoms with Crippen molar-refractivity contribution in [2.24, 2.45) is 0 Å². The summed E-state index contributed by atoms with van der Waals surface area (Å²) >= 11 is 0. The lowest BCUT2D eigenvalue weighted by Gasteiger charge is -2.02. The number of benzene rings is 1. The molecule has 0 aliphatic heterocycles. The van der Waals surface area contributed by atoms with E-state index in [9.17, 15) is 0 Å². The zero-order valence-corrected chi connectivity index (χ0v) is 8.30. The summed E-state index contributed by atoms with van der Waals surface area (Å²) in [6.07, 6.45) is 5.05. The molecule has 15 heavy (non-hydrogen) atoms. The number of nitrogens with zero attached hydrogens (tertiary/aromatic N) is 3. The van der Waals surface area contributed by atoms with Crippen LogP contribution in [0.5, 0.6) is 0 Å². The van der Waals surface area contributed by atoms with Crippen LogP contribution in [-0.2, 0) is 6.42 Å². The Morgan fingerprint density at radius 1 is 1.27 bits per heavy atom. The summed E-state index contributed by atoms with van der Waals surface area (Å²) in [5.41, 5.74) is 2.23. The van der Waals surface area contributed by atoms with Crippen molar-refractivity contribution in [1.82, 2.24) is 9.78 Å². The van der Waals surface area contributed by atoms with Crippen molar-refractivity contribution in [3.05, 3.63) is 48.3 Å². The van der Waals surface area contributed by atoms with Gasteiger partial charge in [0.25, 0.3) is 0 Å². The average Bonchev–Trinajstić information content (AvgIpc) is 2.80. The van der Waals surface area contributed by atoms with E-state index in [-0.39, 0.29) is 0 Å². The van der Waals surface area contributed by atoms with Crippen LogP contribution >= 0.6 is 0 Å². The Morgan fingerprint density at radius 3 is 2.67 bits per heavy atom. The topological polar surface area (TPSA) is 41.6 Å². The van der Waals surface area contributed by atoms with E-state index in [1.165, 1.54) is 5.56 Å². The Bertz CT molecular complexity index is 449. The lowest BCUT2D eigenvalue weighted by molar-refractivity contribution is 0.878. The molecule has 1 aromatic carbocycles. The molecule has 0 bridgehead atoms. The average molecular weight is 197 g/mol. The van der Waals surface area contributed by atoms with E-state index >= 15 is 0 Å². The van der Waals surface area contributed by atoms with Gasteiger partial charge in [0, 0.05) is 18.8 Å². The lowest BCUT2D eigenvalue weighted by atomic mass is 10.1. The molecule has 0 spiro atoms. The number of hydrogen-bond donors (Lipinski definition) is 0. The van der Waals surface area contributed by atoms with Crippen molar-refractivity contribution >= 4 is 0 Å². The third-order valence-electron chi connectivity index (χ3n) is 2.23. The van der Waals surface area contributed by atoms with Crippen LogP contribution in [0.4, 0.5) is 0 Å². The molecule has 3 nitrogen and oxygen atoms in total. The third-order valence-corrected chi connectivity index (χ3v) is 2.23. The third kappa shape index (κ3) is 2.23. The highest BCUT2D eigenvalue weighted by atomic mass is 15.3. The normalized spacial score (nSPS) is 9.80. The quantitative estimate of drug-likeness (QED) is 0.757. The Morgan fingerprint density at radius 2 is 2.07 bits per heavy atom. The molecule has 3 heteroatoms. The van der Waals surface area contributed by atoms with Gasteiger partial charge in [-0.25, -0.2) is 4.68 Å². The summed E-state index contributed by atoms with van der Waals surface area (Å²) < 4.78 is 1.81. The molecule has 1 heterocycles. The minimum atomic E-state index is 0.571. The summed E-state index contributed by atoms with van der Waals surface area (Å²) in [4.78, 5) is 0. The Hall–Kier alpha value is -2.08. The fourth-order valence-electron chi connectivity index (χ4n) is 1.44. The van der Waals surface area contributed by atoms with E-state index in [1.807, 2.05) is 41.2 Å². The highest BCUT2D eigenvalue weighted by Gasteiger charge is 1.96. The molecule has 0 aliphatic carbocycles. The molecule has 0 atom stereocenters. The van der Waals surface area contributed by atoms with Gasteiger partial charge in [0.1, 0.15) is 0 Å². The fourth-order valence-corrected chi connectivity index (χ4v) is 1.44. The van der Waals surface area contributed by atoms with Crippen LogP contribution in [0.3, 0.4) is 0 Å². The van der Waals surface area contributed by atoms with Gasteiger partial charge in [-0.1, -0.05) is 12.1 Å². The molecule has 0 amide bonds. The highest BCUT2D eigenvalue weighted by molar-refractivity contribution is 5.33. The second kappa shape index (κ2) is 4.43. The molecule has 0 aliphatic rings. The highest BCUT2D eigenvalue weighted by Crippen LogP contribution is 2.09. The molecule has 0 saturated carbocycles. The van der Waals surface area contributed by atoms with Gasteiger partial charge < -0.3 is 0 Å². The first kappa shape index (κ1) is 9.47. The van der Waals surface area contributed by atoms with Crippen molar-refractivity contribution in [1.29, 1.82) is 5.26 Å². The minimum absolute atomic E-state index is 0.571. The number of aryl methyl sites for hydroxylation is 1. The Kier molecular flexibility index (Phi) is 2.80. The van der Waals surface area contributed by atoms with Gasteiger partial charge in [-0.05, 0) is 30.2 Å². The first-order valence-electron chi connectivity index (χ1n) is 4.86. The van der Waals surface area contributed by atoms with Crippen LogP contribution in [0.15, 0.2) is 42.7 Å². The zero-order chi connectivity index (χ0) is 10.5. The van der Waals surface area contributed by atoms with Crippen molar-refractivity contribution in [2.75, 3.05) is 0 Å². The molecule has 74 valence electrons. The van der Waals surface area contributed by atoms with Gasteiger partial charge in [0.05, 0.1) is 11.8 Å². The summed E-state index contributed by atoms with van der Waals surface area (Å²) in [7, 11) is 0. The molecule has 2 rings (SSSR count). The summed E-state index contributed by atoms with van der Waals surface area (Å²) in [5.74, 6) is 0. The van der Waals surface area contributed by atoms with Crippen LogP contribution in [0.1, 0.15) is 12.0 Å². The number of aromatic nitrogens is 2. The van der Waals surface area contributed by atoms with E-state index < -0.39 is 0 Å². The van der Waals surface area contributed by atoms with E-state index in [0.717, 1.165) is 12.1 Å². The molecule has 2 aromatic rings. The van der Waals surface area contributed by atoms with E-state index in [0.29, 0.717) is 6.42 Å². The van der Waals surface area contributed by atoms with Crippen LogP contribution in [0, 0.1) is 11.3 Å². The van der Waals surface area contributed by atoms with Crippen LogP contribution < -0.4 is 0 Å². The molecule has 0 unspecified atom stereocenters. The maximum atomic E-state index is 8.47. The molecule has 0 saturated heterocycles. The van der Waals surface area contributed by atoms with E-state index in [1.54, 1.807) is 6.20 Å². The molecule has 0 radical (unpaired) electrons. The summed E-state index contributed by atoms with van der Waals surface area (Å²) in [6.45, 7) is 0. The van der Waals surface area contributed by atoms with Crippen molar-refractivity contribution < 1.29 is 0 Å². The minimum Gasteiger partial charge on any atom is -0.241 e. The maximum absolute atomic E-state index is 8.47. The van der Waals surface area contributed by atoms with Crippen molar-refractivity contribution in [3.63, 3.8) is 0 Å². The number of nitriles is 1. The summed E-state index contributed by atoms with van der Waals surface area (Å²) in [6, 6.07) is 12.1. The molecule has 0 N–H and O–H groups in total. The largest absolute Gasteiger partial charge is 0.241 e. The predicted octanol–water partition coefficient (Wildman–Crippen LogP) is 2.33. The van der Waals surface area contributed by atoms with Gasteiger partial charge in [-0.15, -0.1) is 0 Å². The van der Waals surface area contributed by atoms with Crippen molar-refractivity contribution in [3.8, 4) is 11.8 Å². The predicted molar refractivity (Wildman–Crippen MR) is 57.5 cm³/mol. The van der Waals surface area contributed by atoms with Gasteiger partial charge in [0.2, 0.25) is 0 Å². The zero-order valence-electron chi connectivity index (χ0n) is 8.30. The second-order valence-electron chi connectivity index (χ2n) is 3.28. The first-order chi connectivity index (χ1) is 7.40. The number of hydrogen-bond acceptors (Lipinski definition) is 2. The molecular formula is C12H11N3. The number of rotatable bonds is 3. The van der Waals surface area contributed by atoms with E-state index in [2.05, 4.69) is 11.2 Å². The van der Waals surface area contributed by atoms with Crippen molar-refractivity contribution in [2.45, 2.75) is 12.8 Å². The SMILES string of the molecule is N#CCCc1ccc(-n2cccn2)cc1. The maximum Gasteiger partial charge on any atom is 0.0645 e. The second-order valence-corrected chi connectivity index (χ2v) is 3.28. The van der Waals surface area contributed by atoms with Crippen LogP contribution in [0.25, 0.3) is 5.69 Å². The van der Waals surface area contributed by atoms with Gasteiger partial charge >= 0.3 is 0 Å². The Balaban J connectivity index is 2.15. The van der Waals surface area contributed by atoms with Crippen LogP contribution in [0.2, 0.25) is 0 Å². The molecular weight excluding hydrogens is 186 g/mol. The monoisotopic (exact) mass is 197 g/mol. The standard InChI is InChI=1S/C12H11N3/c13-8-1-3-11-4-6-12(7-5-11)15-10-2-9-14-15/h2,4-7,9-10H,1,3H2. The van der Waals surface area contributed by atoms with Gasteiger partial charge in [-0.3, -0.25) is 0 Å². The summed E-state index contributed by atoms with van der Waals surface area (Å²) in [5, 5.41) is 12.6.